The zero-order valence-corrected chi connectivity index (χ0v) is 15.5. The van der Waals surface area contributed by atoms with E-state index in [1.54, 1.807) is 7.11 Å². The van der Waals surface area contributed by atoms with Crippen molar-refractivity contribution in [1.82, 2.24) is 14.7 Å². The Hall–Kier alpha value is -1.85. The van der Waals surface area contributed by atoms with Crippen LogP contribution in [0, 0.1) is 0 Å². The maximum Gasteiger partial charge on any atom is 0.272 e. The fourth-order valence-corrected chi connectivity index (χ4v) is 3.34. The highest BCUT2D eigenvalue weighted by atomic mass is 35.5. The second kappa shape index (κ2) is 8.02. The lowest BCUT2D eigenvalue weighted by molar-refractivity contribution is 0.0582. The highest BCUT2D eigenvalue weighted by Gasteiger charge is 2.32. The maximum atomic E-state index is 12.8. The Labute approximate surface area is 153 Å². The SMILES string of the molecule is CCCCC1CN(CCOC)C(=O)c2cc(-c3ccc(Cl)cc3)nn21. The molecule has 0 radical (unpaired) electrons. The Morgan fingerprint density at radius 2 is 2.08 bits per heavy atom. The average molecular weight is 362 g/mol. The number of fused-ring (bicyclic) bond motifs is 1. The molecule has 0 N–H and O–H groups in total. The second-order valence-electron chi connectivity index (χ2n) is 6.41. The molecule has 3 rings (SSSR count). The van der Waals surface area contributed by atoms with Crippen LogP contribution in [0.4, 0.5) is 0 Å². The van der Waals surface area contributed by atoms with E-state index in [2.05, 4.69) is 6.92 Å². The van der Waals surface area contributed by atoms with Crippen molar-refractivity contribution in [3.05, 3.63) is 41.0 Å². The number of benzene rings is 1. The molecule has 0 spiro atoms. The van der Waals surface area contributed by atoms with E-state index in [1.165, 1.54) is 0 Å². The van der Waals surface area contributed by atoms with Crippen LogP contribution in [0.5, 0.6) is 0 Å². The number of ether oxygens (including phenoxy) is 1. The molecule has 1 atom stereocenters. The number of hydrogen-bond donors (Lipinski definition) is 0. The summed E-state index contributed by atoms with van der Waals surface area (Å²) >= 11 is 5.97. The molecule has 0 saturated heterocycles. The predicted molar refractivity (Wildman–Crippen MR) is 99.0 cm³/mol. The molecule has 2 heterocycles. The topological polar surface area (TPSA) is 47.4 Å². The van der Waals surface area contributed by atoms with Gasteiger partial charge in [0, 0.05) is 30.8 Å². The summed E-state index contributed by atoms with van der Waals surface area (Å²) in [7, 11) is 1.66. The Morgan fingerprint density at radius 1 is 1.32 bits per heavy atom. The van der Waals surface area contributed by atoms with Crippen LogP contribution in [-0.4, -0.2) is 47.4 Å². The Kier molecular flexibility index (Phi) is 5.76. The molecule has 0 fully saturated rings. The first-order valence-electron chi connectivity index (χ1n) is 8.77. The van der Waals surface area contributed by atoms with Crippen molar-refractivity contribution >= 4 is 17.5 Å². The summed E-state index contributed by atoms with van der Waals surface area (Å²) in [4.78, 5) is 14.7. The van der Waals surface area contributed by atoms with Gasteiger partial charge in [0.05, 0.1) is 18.3 Å². The highest BCUT2D eigenvalue weighted by Crippen LogP contribution is 2.29. The molecule has 1 aliphatic heterocycles. The van der Waals surface area contributed by atoms with Crippen molar-refractivity contribution in [2.75, 3.05) is 26.8 Å². The van der Waals surface area contributed by atoms with Gasteiger partial charge in [-0.05, 0) is 24.6 Å². The number of rotatable bonds is 7. The smallest absolute Gasteiger partial charge is 0.272 e. The van der Waals surface area contributed by atoms with Crippen LogP contribution < -0.4 is 0 Å². The number of halogens is 1. The van der Waals surface area contributed by atoms with Gasteiger partial charge in [-0.2, -0.15) is 5.10 Å². The normalized spacial score (nSPS) is 17.0. The lowest BCUT2D eigenvalue weighted by Gasteiger charge is -2.33. The molecular formula is C19H24ClN3O2. The molecule has 0 saturated carbocycles. The van der Waals surface area contributed by atoms with Gasteiger partial charge < -0.3 is 9.64 Å². The largest absolute Gasteiger partial charge is 0.383 e. The van der Waals surface area contributed by atoms with Crippen molar-refractivity contribution in [3.8, 4) is 11.3 Å². The number of carbonyl (C=O) groups is 1. The summed E-state index contributed by atoms with van der Waals surface area (Å²) in [6, 6.07) is 9.66. The summed E-state index contributed by atoms with van der Waals surface area (Å²) < 4.78 is 7.08. The van der Waals surface area contributed by atoms with Gasteiger partial charge >= 0.3 is 0 Å². The van der Waals surface area contributed by atoms with Crippen molar-refractivity contribution in [2.24, 2.45) is 0 Å². The lowest BCUT2D eigenvalue weighted by Crippen LogP contribution is -2.44. The Balaban J connectivity index is 1.93. The van der Waals surface area contributed by atoms with E-state index in [0.29, 0.717) is 30.4 Å². The van der Waals surface area contributed by atoms with E-state index < -0.39 is 0 Å². The fraction of sp³-hybridized carbons (Fsp3) is 0.474. The quantitative estimate of drug-likeness (QED) is 0.747. The van der Waals surface area contributed by atoms with Crippen LogP contribution in [0.1, 0.15) is 42.7 Å². The summed E-state index contributed by atoms with van der Waals surface area (Å²) in [5.41, 5.74) is 2.44. The number of carbonyl (C=O) groups excluding carboxylic acids is 1. The first-order valence-corrected chi connectivity index (χ1v) is 9.15. The fourth-order valence-electron chi connectivity index (χ4n) is 3.22. The van der Waals surface area contributed by atoms with Crippen LogP contribution in [0.25, 0.3) is 11.3 Å². The second-order valence-corrected chi connectivity index (χ2v) is 6.84. The van der Waals surface area contributed by atoms with Crippen LogP contribution in [-0.2, 0) is 4.74 Å². The molecule has 1 unspecified atom stereocenters. The molecule has 1 aromatic carbocycles. The van der Waals surface area contributed by atoms with Crippen LogP contribution in [0.3, 0.4) is 0 Å². The molecule has 25 heavy (non-hydrogen) atoms. The molecule has 2 aromatic rings. The highest BCUT2D eigenvalue weighted by molar-refractivity contribution is 6.30. The van der Waals surface area contributed by atoms with Gasteiger partial charge in [0.15, 0.2) is 0 Å². The van der Waals surface area contributed by atoms with E-state index in [1.807, 2.05) is 39.9 Å². The maximum absolute atomic E-state index is 12.8. The zero-order chi connectivity index (χ0) is 17.8. The van der Waals surface area contributed by atoms with E-state index in [9.17, 15) is 4.79 Å². The summed E-state index contributed by atoms with van der Waals surface area (Å²) in [6.45, 7) is 4.03. The predicted octanol–water partition coefficient (Wildman–Crippen LogP) is 4.04. The lowest BCUT2D eigenvalue weighted by atomic mass is 10.1. The first kappa shape index (κ1) is 18.0. The number of aromatic nitrogens is 2. The minimum Gasteiger partial charge on any atom is -0.383 e. The standard InChI is InChI=1S/C19H24ClN3O2/c1-3-4-5-16-13-22(10-11-25-2)19(24)18-12-17(21-23(16)18)14-6-8-15(20)9-7-14/h6-9,12,16H,3-5,10-11,13H2,1-2H3. The van der Waals surface area contributed by atoms with Crippen molar-refractivity contribution < 1.29 is 9.53 Å². The van der Waals surface area contributed by atoms with Crippen LogP contribution in [0.2, 0.25) is 5.02 Å². The van der Waals surface area contributed by atoms with E-state index in [0.717, 1.165) is 30.5 Å². The molecule has 1 aliphatic rings. The van der Waals surface area contributed by atoms with Gasteiger partial charge in [0.1, 0.15) is 5.69 Å². The number of methoxy groups -OCH3 is 1. The molecular weight excluding hydrogens is 338 g/mol. The molecule has 0 aliphatic carbocycles. The molecule has 134 valence electrons. The van der Waals surface area contributed by atoms with Gasteiger partial charge in [0.2, 0.25) is 0 Å². The van der Waals surface area contributed by atoms with Crippen molar-refractivity contribution in [3.63, 3.8) is 0 Å². The van der Waals surface area contributed by atoms with Crippen LogP contribution in [0.15, 0.2) is 30.3 Å². The molecule has 0 bridgehead atoms. The summed E-state index contributed by atoms with van der Waals surface area (Å²) in [6.07, 6.45) is 3.26. The van der Waals surface area contributed by atoms with E-state index >= 15 is 0 Å². The molecule has 6 heteroatoms. The van der Waals surface area contributed by atoms with E-state index in [4.69, 9.17) is 21.4 Å². The monoisotopic (exact) mass is 361 g/mol. The third kappa shape index (κ3) is 3.88. The van der Waals surface area contributed by atoms with Crippen LogP contribution >= 0.6 is 11.6 Å². The Bertz CT molecular complexity index is 727. The van der Waals surface area contributed by atoms with E-state index in [-0.39, 0.29) is 11.9 Å². The molecule has 1 amide bonds. The van der Waals surface area contributed by atoms with Gasteiger partial charge in [-0.25, -0.2) is 0 Å². The average Bonchev–Trinajstić information content (AvgIpc) is 3.07. The minimum absolute atomic E-state index is 0.0255. The van der Waals surface area contributed by atoms with Crippen molar-refractivity contribution in [2.45, 2.75) is 32.2 Å². The first-order chi connectivity index (χ1) is 12.1. The third-order valence-corrected chi connectivity index (χ3v) is 4.87. The number of amides is 1. The van der Waals surface area contributed by atoms with Crippen molar-refractivity contribution in [1.29, 1.82) is 0 Å². The van der Waals surface area contributed by atoms with Gasteiger partial charge in [-0.1, -0.05) is 43.5 Å². The minimum atomic E-state index is 0.0255. The zero-order valence-electron chi connectivity index (χ0n) is 14.7. The Morgan fingerprint density at radius 3 is 2.76 bits per heavy atom. The molecule has 5 nitrogen and oxygen atoms in total. The van der Waals surface area contributed by atoms with Gasteiger partial charge in [-0.15, -0.1) is 0 Å². The third-order valence-electron chi connectivity index (χ3n) is 4.62. The number of unbranched alkanes of at least 4 members (excludes halogenated alkanes) is 1. The summed E-state index contributed by atoms with van der Waals surface area (Å²) in [5, 5.41) is 5.44. The number of hydrogen-bond acceptors (Lipinski definition) is 3. The number of nitrogens with zero attached hydrogens (tertiary/aromatic N) is 3. The summed E-state index contributed by atoms with van der Waals surface area (Å²) in [5.74, 6) is 0.0255. The van der Waals surface area contributed by atoms with Gasteiger partial charge in [0.25, 0.3) is 5.91 Å². The van der Waals surface area contributed by atoms with Gasteiger partial charge in [-0.3, -0.25) is 9.48 Å². The molecule has 1 aromatic heterocycles.